The number of aromatic nitrogens is 1. The van der Waals surface area contributed by atoms with E-state index in [1.54, 1.807) is 6.07 Å². The maximum Gasteiger partial charge on any atom is 0.252 e. The van der Waals surface area contributed by atoms with Gasteiger partial charge in [0.1, 0.15) is 0 Å². The summed E-state index contributed by atoms with van der Waals surface area (Å²) in [4.78, 5) is 26.0. The monoisotopic (exact) mass is 334 g/mol. The Bertz CT molecular complexity index is 654. The molecule has 2 aromatic rings. The minimum atomic E-state index is -0.541. The Morgan fingerprint density at radius 3 is 2.60 bits per heavy atom. The number of rotatable bonds is 4. The van der Waals surface area contributed by atoms with Crippen molar-refractivity contribution in [2.24, 2.45) is 0 Å². The highest BCUT2D eigenvalue weighted by Gasteiger charge is 2.27. The second-order valence-corrected chi connectivity index (χ2v) is 5.29. The molecule has 0 saturated carbocycles. The highest BCUT2D eigenvalue weighted by Crippen LogP contribution is 2.23. The maximum absolute atomic E-state index is 12.3. The lowest BCUT2D eigenvalue weighted by atomic mass is 9.94. The van der Waals surface area contributed by atoms with Gasteiger partial charge in [0, 0.05) is 23.2 Å². The number of pyridine rings is 1. The molecule has 0 radical (unpaired) electrons. The van der Waals surface area contributed by atoms with Crippen LogP contribution in [0.25, 0.3) is 0 Å². The van der Waals surface area contributed by atoms with Gasteiger partial charge in [0.2, 0.25) is 5.56 Å². The summed E-state index contributed by atoms with van der Waals surface area (Å²) in [7, 11) is 0. The third-order valence-corrected chi connectivity index (χ3v) is 4.23. The van der Waals surface area contributed by atoms with Gasteiger partial charge in [-0.05, 0) is 18.6 Å². The second-order valence-electron chi connectivity index (χ2n) is 4.73. The molecule has 0 aliphatic heterocycles. The lowest BCUT2D eigenvalue weighted by Gasteiger charge is -2.29. The summed E-state index contributed by atoms with van der Waals surface area (Å²) < 4.78 is 0. The smallest absolute Gasteiger partial charge is 0.252 e. The van der Waals surface area contributed by atoms with Crippen LogP contribution >= 0.6 is 15.9 Å². The molecule has 1 aromatic carbocycles. The zero-order valence-corrected chi connectivity index (χ0v) is 12.6. The van der Waals surface area contributed by atoms with E-state index in [9.17, 15) is 9.59 Å². The zero-order chi connectivity index (χ0) is 14.6. The lowest BCUT2D eigenvalue weighted by molar-refractivity contribution is 0.0914. The van der Waals surface area contributed by atoms with Gasteiger partial charge >= 0.3 is 0 Å². The van der Waals surface area contributed by atoms with Crippen LogP contribution in [-0.2, 0) is 5.54 Å². The first-order valence-electron chi connectivity index (χ1n) is 6.18. The molecule has 5 heteroatoms. The first kappa shape index (κ1) is 14.5. The molecule has 1 atom stereocenters. The molecule has 1 unspecified atom stereocenters. The quantitative estimate of drug-likeness (QED) is 0.843. The van der Waals surface area contributed by atoms with E-state index in [2.05, 4.69) is 26.2 Å². The minimum absolute atomic E-state index is 0.276. The minimum Gasteiger partial charge on any atom is -0.342 e. The molecule has 104 valence electrons. The van der Waals surface area contributed by atoms with Gasteiger partial charge in [0.05, 0.1) is 5.54 Å². The molecule has 1 aromatic heterocycles. The molecule has 0 spiro atoms. The Balaban J connectivity index is 2.26. The summed E-state index contributed by atoms with van der Waals surface area (Å²) in [6.07, 6.45) is 1.46. The number of alkyl halides is 1. The van der Waals surface area contributed by atoms with E-state index in [-0.39, 0.29) is 11.5 Å². The highest BCUT2D eigenvalue weighted by molar-refractivity contribution is 9.09. The van der Waals surface area contributed by atoms with Crippen molar-refractivity contribution >= 4 is 21.8 Å². The van der Waals surface area contributed by atoms with Crippen LogP contribution < -0.4 is 10.9 Å². The molecule has 0 bridgehead atoms. The Hall–Kier alpha value is -1.88. The van der Waals surface area contributed by atoms with Crippen LogP contribution in [0.1, 0.15) is 22.8 Å². The van der Waals surface area contributed by atoms with Crippen molar-refractivity contribution in [1.82, 2.24) is 10.3 Å². The van der Waals surface area contributed by atoms with Gasteiger partial charge in [-0.15, -0.1) is 0 Å². The molecule has 0 fully saturated rings. The van der Waals surface area contributed by atoms with Crippen LogP contribution in [0, 0.1) is 0 Å². The Kier molecular flexibility index (Phi) is 4.39. The number of benzene rings is 1. The Morgan fingerprint density at radius 1 is 1.30 bits per heavy atom. The molecule has 20 heavy (non-hydrogen) atoms. The fraction of sp³-hybridized carbons (Fsp3) is 0.200. The van der Waals surface area contributed by atoms with Crippen molar-refractivity contribution in [3.63, 3.8) is 0 Å². The average Bonchev–Trinajstić information content (AvgIpc) is 2.48. The van der Waals surface area contributed by atoms with Crippen LogP contribution in [-0.4, -0.2) is 16.2 Å². The SMILES string of the molecule is CC(CBr)(NC(=O)c1cc[nH]c(=O)c1)c1ccccc1. The normalized spacial score (nSPS) is 13.5. The molecule has 0 aliphatic rings. The maximum atomic E-state index is 12.3. The second kappa shape index (κ2) is 6.05. The number of carbonyl (C=O) groups is 1. The van der Waals surface area contributed by atoms with Crippen molar-refractivity contribution in [1.29, 1.82) is 0 Å². The van der Waals surface area contributed by atoms with Crippen LogP contribution in [0.4, 0.5) is 0 Å². The summed E-state index contributed by atoms with van der Waals surface area (Å²) >= 11 is 3.44. The standard InChI is InChI=1S/C15H15BrN2O2/c1-15(10-16,12-5-3-2-4-6-12)18-14(20)11-7-8-17-13(19)9-11/h2-9H,10H2,1H3,(H,17,19)(H,18,20). The van der Waals surface area contributed by atoms with Gasteiger partial charge < -0.3 is 10.3 Å². The predicted molar refractivity (Wildman–Crippen MR) is 82.1 cm³/mol. The zero-order valence-electron chi connectivity index (χ0n) is 11.0. The summed E-state index contributed by atoms with van der Waals surface area (Å²) in [6.45, 7) is 1.93. The molecule has 0 aliphatic carbocycles. The van der Waals surface area contributed by atoms with Crippen LogP contribution in [0.15, 0.2) is 53.5 Å². The van der Waals surface area contributed by atoms with E-state index < -0.39 is 5.54 Å². The van der Waals surface area contributed by atoms with Gasteiger partial charge in [0.25, 0.3) is 5.91 Å². The summed E-state index contributed by atoms with van der Waals surface area (Å²) in [5.74, 6) is -0.276. The summed E-state index contributed by atoms with van der Waals surface area (Å²) in [5, 5.41) is 3.53. The fourth-order valence-corrected chi connectivity index (χ4v) is 2.36. The van der Waals surface area contributed by atoms with E-state index in [4.69, 9.17) is 0 Å². The predicted octanol–water partition coefficient (Wildman–Crippen LogP) is 2.42. The number of H-pyrrole nitrogens is 1. The van der Waals surface area contributed by atoms with Crippen molar-refractivity contribution in [3.8, 4) is 0 Å². The van der Waals surface area contributed by atoms with E-state index in [1.807, 2.05) is 37.3 Å². The number of hydrogen-bond acceptors (Lipinski definition) is 2. The van der Waals surface area contributed by atoms with Crippen LogP contribution in [0.2, 0.25) is 0 Å². The largest absolute Gasteiger partial charge is 0.342 e. The van der Waals surface area contributed by atoms with E-state index in [1.165, 1.54) is 12.3 Å². The van der Waals surface area contributed by atoms with Gasteiger partial charge in [-0.25, -0.2) is 0 Å². The Labute approximate surface area is 125 Å². The third-order valence-electron chi connectivity index (χ3n) is 3.10. The van der Waals surface area contributed by atoms with Gasteiger partial charge in [-0.2, -0.15) is 0 Å². The molecule has 4 nitrogen and oxygen atoms in total. The van der Waals surface area contributed by atoms with E-state index in [0.29, 0.717) is 10.9 Å². The first-order valence-corrected chi connectivity index (χ1v) is 7.30. The number of halogens is 1. The topological polar surface area (TPSA) is 62.0 Å². The molecular weight excluding hydrogens is 320 g/mol. The summed E-state index contributed by atoms with van der Waals surface area (Å²) in [5.41, 5.74) is 0.505. The third kappa shape index (κ3) is 3.17. The van der Waals surface area contributed by atoms with Crippen molar-refractivity contribution in [2.75, 3.05) is 5.33 Å². The van der Waals surface area contributed by atoms with Gasteiger partial charge in [-0.1, -0.05) is 46.3 Å². The van der Waals surface area contributed by atoms with Gasteiger partial charge in [-0.3, -0.25) is 9.59 Å². The van der Waals surface area contributed by atoms with E-state index in [0.717, 1.165) is 5.56 Å². The highest BCUT2D eigenvalue weighted by atomic mass is 79.9. The number of nitrogens with one attached hydrogen (secondary N) is 2. The molecular formula is C15H15BrN2O2. The van der Waals surface area contributed by atoms with Crippen molar-refractivity contribution in [2.45, 2.75) is 12.5 Å². The number of amides is 1. The first-order chi connectivity index (χ1) is 9.55. The molecule has 1 heterocycles. The van der Waals surface area contributed by atoms with Crippen LogP contribution in [0.5, 0.6) is 0 Å². The number of hydrogen-bond donors (Lipinski definition) is 2. The number of carbonyl (C=O) groups excluding carboxylic acids is 1. The molecule has 2 N–H and O–H groups in total. The molecule has 1 amide bonds. The van der Waals surface area contributed by atoms with Crippen LogP contribution in [0.3, 0.4) is 0 Å². The molecule has 0 saturated heterocycles. The average molecular weight is 335 g/mol. The van der Waals surface area contributed by atoms with Crippen molar-refractivity contribution in [3.05, 3.63) is 70.1 Å². The van der Waals surface area contributed by atoms with E-state index >= 15 is 0 Å². The summed E-state index contributed by atoms with van der Waals surface area (Å²) in [6, 6.07) is 12.6. The lowest BCUT2D eigenvalue weighted by Crippen LogP contribution is -2.45. The molecule has 2 rings (SSSR count). The fourth-order valence-electron chi connectivity index (χ4n) is 1.90. The number of aromatic amines is 1. The Morgan fingerprint density at radius 2 is 2.00 bits per heavy atom. The van der Waals surface area contributed by atoms with Crippen molar-refractivity contribution < 1.29 is 4.79 Å². The van der Waals surface area contributed by atoms with Gasteiger partial charge in [0.15, 0.2) is 0 Å².